The molecule has 0 spiro atoms. The van der Waals surface area contributed by atoms with Crippen molar-refractivity contribution < 1.29 is 14.8 Å². The van der Waals surface area contributed by atoms with Gasteiger partial charge in [0.2, 0.25) is 0 Å². The lowest BCUT2D eigenvalue weighted by atomic mass is 10.1. The molecule has 0 saturated heterocycles. The van der Waals surface area contributed by atoms with Crippen molar-refractivity contribution in [3.8, 4) is 0 Å². The van der Waals surface area contributed by atoms with Crippen molar-refractivity contribution in [2.45, 2.75) is 6.54 Å². The molecule has 0 saturated carbocycles. The van der Waals surface area contributed by atoms with Crippen LogP contribution >= 0.6 is 0 Å². The van der Waals surface area contributed by atoms with E-state index < -0.39 is 10.9 Å². The molecule has 0 unspecified atom stereocenters. The molecule has 0 radical (unpaired) electrons. The van der Waals surface area contributed by atoms with E-state index in [2.05, 4.69) is 10.4 Å². The molecule has 20 heavy (non-hydrogen) atoms. The first kappa shape index (κ1) is 13.5. The van der Waals surface area contributed by atoms with Crippen LogP contribution in [0, 0.1) is 10.1 Å². The third-order valence-electron chi connectivity index (χ3n) is 2.69. The number of carboxylic acid groups (broad SMARTS) is 1. The third kappa shape index (κ3) is 2.91. The molecule has 0 aliphatic carbocycles. The number of nitrogens with zero attached hydrogens (tertiary/aromatic N) is 3. The summed E-state index contributed by atoms with van der Waals surface area (Å²) in [7, 11) is 1.78. The molecule has 8 heteroatoms. The summed E-state index contributed by atoms with van der Waals surface area (Å²) in [4.78, 5) is 21.2. The van der Waals surface area contributed by atoms with Gasteiger partial charge in [-0.15, -0.1) is 0 Å². The summed E-state index contributed by atoms with van der Waals surface area (Å²) in [5.74, 6) is -1.22. The molecule has 2 aromatic rings. The van der Waals surface area contributed by atoms with Gasteiger partial charge in [-0.3, -0.25) is 14.8 Å². The van der Waals surface area contributed by atoms with Crippen LogP contribution in [0.4, 0.5) is 11.4 Å². The number of benzene rings is 1. The Bertz CT molecular complexity index is 665. The first-order chi connectivity index (χ1) is 9.47. The van der Waals surface area contributed by atoms with E-state index in [0.29, 0.717) is 12.2 Å². The number of anilines is 1. The number of non-ortho nitro benzene ring substituents is 1. The number of carbonyl (C=O) groups is 1. The standard InChI is InChI=1S/C12H12N4O4/c1-15-7-8(6-14-15)5-13-11-3-2-9(16(19)20)4-10(11)12(17)18/h2-4,6-7,13H,5H2,1H3,(H,17,18). The van der Waals surface area contributed by atoms with Crippen LogP contribution in [0.15, 0.2) is 30.6 Å². The minimum atomic E-state index is -1.22. The molecule has 2 N–H and O–H groups in total. The minimum absolute atomic E-state index is 0.136. The highest BCUT2D eigenvalue weighted by molar-refractivity contribution is 5.95. The van der Waals surface area contributed by atoms with E-state index in [1.165, 1.54) is 12.1 Å². The Balaban J connectivity index is 2.22. The monoisotopic (exact) mass is 276 g/mol. The van der Waals surface area contributed by atoms with Crippen molar-refractivity contribution in [3.63, 3.8) is 0 Å². The third-order valence-corrected chi connectivity index (χ3v) is 2.69. The van der Waals surface area contributed by atoms with Crippen LogP contribution in [-0.4, -0.2) is 25.8 Å². The number of hydrogen-bond donors (Lipinski definition) is 2. The summed E-state index contributed by atoms with van der Waals surface area (Å²) in [5.41, 5.74) is 0.812. The van der Waals surface area contributed by atoms with Crippen LogP contribution in [0.5, 0.6) is 0 Å². The van der Waals surface area contributed by atoms with Gasteiger partial charge in [0.15, 0.2) is 0 Å². The molecule has 0 aliphatic rings. The number of aromatic carboxylic acids is 1. The van der Waals surface area contributed by atoms with Crippen molar-refractivity contribution in [1.29, 1.82) is 0 Å². The van der Waals surface area contributed by atoms with E-state index in [4.69, 9.17) is 5.11 Å². The average Bonchev–Trinajstić information content (AvgIpc) is 2.81. The van der Waals surface area contributed by atoms with E-state index in [-0.39, 0.29) is 11.3 Å². The van der Waals surface area contributed by atoms with Gasteiger partial charge in [-0.2, -0.15) is 5.10 Å². The van der Waals surface area contributed by atoms with Crippen LogP contribution in [0.25, 0.3) is 0 Å². The normalized spacial score (nSPS) is 10.2. The van der Waals surface area contributed by atoms with E-state index in [1.807, 2.05) is 0 Å². The summed E-state index contributed by atoms with van der Waals surface area (Å²) < 4.78 is 1.63. The Hall–Kier alpha value is -2.90. The maximum Gasteiger partial charge on any atom is 0.338 e. The molecule has 0 atom stereocenters. The number of nitrogens with one attached hydrogen (secondary N) is 1. The first-order valence-corrected chi connectivity index (χ1v) is 5.70. The second kappa shape index (κ2) is 5.39. The molecule has 2 rings (SSSR count). The smallest absolute Gasteiger partial charge is 0.338 e. The number of aryl methyl sites for hydroxylation is 1. The average molecular weight is 276 g/mol. The number of rotatable bonds is 5. The van der Waals surface area contributed by atoms with Gasteiger partial charge in [0.05, 0.1) is 16.7 Å². The molecule has 1 heterocycles. The molecular formula is C12H12N4O4. The molecule has 0 amide bonds. The minimum Gasteiger partial charge on any atom is -0.478 e. The number of nitro benzene ring substituents is 1. The molecular weight excluding hydrogens is 264 g/mol. The summed E-state index contributed by atoms with van der Waals surface area (Å²) in [6.45, 7) is 0.381. The first-order valence-electron chi connectivity index (χ1n) is 5.70. The van der Waals surface area contributed by atoms with E-state index in [1.54, 1.807) is 24.1 Å². The topological polar surface area (TPSA) is 110 Å². The van der Waals surface area contributed by atoms with Gasteiger partial charge >= 0.3 is 5.97 Å². The Morgan fingerprint density at radius 2 is 2.30 bits per heavy atom. The number of hydrogen-bond acceptors (Lipinski definition) is 5. The van der Waals surface area contributed by atoms with E-state index in [0.717, 1.165) is 11.6 Å². The summed E-state index contributed by atoms with van der Waals surface area (Å²) in [6.07, 6.45) is 3.44. The lowest BCUT2D eigenvalue weighted by Crippen LogP contribution is -2.07. The number of nitro groups is 1. The van der Waals surface area contributed by atoms with Crippen LogP contribution in [0.3, 0.4) is 0 Å². The zero-order valence-corrected chi connectivity index (χ0v) is 10.6. The van der Waals surface area contributed by atoms with Crippen molar-refractivity contribution >= 4 is 17.3 Å². The van der Waals surface area contributed by atoms with Crippen LogP contribution in [-0.2, 0) is 13.6 Å². The largest absolute Gasteiger partial charge is 0.478 e. The van der Waals surface area contributed by atoms with Gasteiger partial charge in [0.1, 0.15) is 0 Å². The van der Waals surface area contributed by atoms with E-state index in [9.17, 15) is 14.9 Å². The maximum absolute atomic E-state index is 11.1. The highest BCUT2D eigenvalue weighted by Crippen LogP contribution is 2.22. The highest BCUT2D eigenvalue weighted by Gasteiger charge is 2.15. The lowest BCUT2D eigenvalue weighted by Gasteiger charge is -2.08. The quantitative estimate of drug-likeness (QED) is 0.634. The van der Waals surface area contributed by atoms with Crippen molar-refractivity contribution in [2.24, 2.45) is 7.05 Å². The number of aromatic nitrogens is 2. The van der Waals surface area contributed by atoms with Crippen LogP contribution in [0.2, 0.25) is 0 Å². The fraction of sp³-hybridized carbons (Fsp3) is 0.167. The molecule has 8 nitrogen and oxygen atoms in total. The molecule has 0 fully saturated rings. The number of carboxylic acids is 1. The molecule has 0 aliphatic heterocycles. The zero-order valence-electron chi connectivity index (χ0n) is 10.6. The molecule has 104 valence electrons. The van der Waals surface area contributed by atoms with Gasteiger partial charge in [-0.1, -0.05) is 0 Å². The Morgan fingerprint density at radius 3 is 2.85 bits per heavy atom. The Kier molecular flexibility index (Phi) is 3.65. The SMILES string of the molecule is Cn1cc(CNc2ccc([N+](=O)[O-])cc2C(=O)O)cn1. The molecule has 0 bridgehead atoms. The second-order valence-electron chi connectivity index (χ2n) is 4.17. The fourth-order valence-electron chi connectivity index (χ4n) is 1.74. The highest BCUT2D eigenvalue weighted by atomic mass is 16.6. The van der Waals surface area contributed by atoms with E-state index >= 15 is 0 Å². The predicted octanol–water partition coefficient (Wildman–Crippen LogP) is 1.64. The lowest BCUT2D eigenvalue weighted by molar-refractivity contribution is -0.384. The Morgan fingerprint density at radius 1 is 1.55 bits per heavy atom. The van der Waals surface area contributed by atoms with Gasteiger partial charge in [0, 0.05) is 43.2 Å². The van der Waals surface area contributed by atoms with Gasteiger partial charge in [-0.25, -0.2) is 4.79 Å². The Labute approximate surface area is 113 Å². The van der Waals surface area contributed by atoms with Gasteiger partial charge in [-0.05, 0) is 6.07 Å². The summed E-state index contributed by atoms with van der Waals surface area (Å²) >= 11 is 0. The molecule has 1 aromatic heterocycles. The summed E-state index contributed by atoms with van der Waals surface area (Å²) in [6, 6.07) is 3.68. The van der Waals surface area contributed by atoms with Gasteiger partial charge in [0.25, 0.3) is 5.69 Å². The molecule has 1 aromatic carbocycles. The second-order valence-corrected chi connectivity index (χ2v) is 4.17. The van der Waals surface area contributed by atoms with Crippen molar-refractivity contribution in [2.75, 3.05) is 5.32 Å². The van der Waals surface area contributed by atoms with Crippen molar-refractivity contribution in [3.05, 3.63) is 51.8 Å². The van der Waals surface area contributed by atoms with Gasteiger partial charge < -0.3 is 10.4 Å². The van der Waals surface area contributed by atoms with Crippen LogP contribution in [0.1, 0.15) is 15.9 Å². The predicted molar refractivity (Wildman–Crippen MR) is 70.6 cm³/mol. The van der Waals surface area contributed by atoms with Crippen LogP contribution < -0.4 is 5.32 Å². The fourth-order valence-corrected chi connectivity index (χ4v) is 1.74. The van der Waals surface area contributed by atoms with Crippen molar-refractivity contribution in [1.82, 2.24) is 9.78 Å². The summed E-state index contributed by atoms with van der Waals surface area (Å²) in [5, 5.41) is 26.7. The zero-order chi connectivity index (χ0) is 14.7. The maximum atomic E-state index is 11.1.